The summed E-state index contributed by atoms with van der Waals surface area (Å²) in [5.41, 5.74) is 1.22. The van der Waals surface area contributed by atoms with Crippen LogP contribution in [0.4, 0.5) is 5.69 Å². The molecule has 2 aromatic heterocycles. The van der Waals surface area contributed by atoms with Gasteiger partial charge in [0.15, 0.2) is 5.58 Å². The monoisotopic (exact) mass is 409 g/mol. The lowest BCUT2D eigenvalue weighted by Gasteiger charge is -2.11. The zero-order chi connectivity index (χ0) is 21.3. The molecule has 0 saturated carbocycles. The van der Waals surface area contributed by atoms with Gasteiger partial charge in [-0.2, -0.15) is 0 Å². The van der Waals surface area contributed by atoms with Gasteiger partial charge < -0.3 is 14.2 Å². The molecule has 9 nitrogen and oxygen atoms in total. The fraction of sp³-hybridized carbons (Fsp3) is 0.238. The van der Waals surface area contributed by atoms with Crippen molar-refractivity contribution in [3.05, 3.63) is 75.0 Å². The maximum atomic E-state index is 12.3. The van der Waals surface area contributed by atoms with Crippen LogP contribution in [0, 0.1) is 10.1 Å². The van der Waals surface area contributed by atoms with E-state index in [0.29, 0.717) is 17.7 Å². The molecular weight excluding hydrogens is 390 g/mol. The summed E-state index contributed by atoms with van der Waals surface area (Å²) >= 11 is 0. The van der Waals surface area contributed by atoms with Crippen LogP contribution in [0.3, 0.4) is 0 Å². The summed E-state index contributed by atoms with van der Waals surface area (Å²) < 4.78 is 12.2. The van der Waals surface area contributed by atoms with Crippen LogP contribution in [-0.4, -0.2) is 15.4 Å². The number of oxazole rings is 1. The summed E-state index contributed by atoms with van der Waals surface area (Å²) in [7, 11) is 0. The van der Waals surface area contributed by atoms with Gasteiger partial charge in [-0.05, 0) is 31.5 Å². The van der Waals surface area contributed by atoms with Crippen LogP contribution in [0.2, 0.25) is 0 Å². The largest absolute Gasteiger partial charge is 0.459 e. The number of aryl methyl sites for hydroxylation is 1. The molecule has 0 fully saturated rings. The van der Waals surface area contributed by atoms with Gasteiger partial charge in [0.05, 0.1) is 22.5 Å². The first-order valence-electron chi connectivity index (χ1n) is 9.48. The number of nitrogens with zero attached hydrogens (tertiary/aromatic N) is 2. The van der Waals surface area contributed by atoms with Gasteiger partial charge in [0.2, 0.25) is 5.91 Å². The zero-order valence-corrected chi connectivity index (χ0v) is 16.2. The Kier molecular flexibility index (Phi) is 5.09. The average Bonchev–Trinajstić information content (AvgIpc) is 3.28. The molecule has 1 amide bonds. The first-order valence-corrected chi connectivity index (χ1v) is 9.48. The van der Waals surface area contributed by atoms with Gasteiger partial charge in [-0.1, -0.05) is 18.2 Å². The SMILES string of the molecule is CC(NC(=O)CCCn1c(=O)oc2cc([N+](=O)[O-])ccc21)c1cc2ccccc2o1. The van der Waals surface area contributed by atoms with Crippen LogP contribution >= 0.6 is 0 Å². The molecule has 0 aliphatic heterocycles. The average molecular weight is 409 g/mol. The Morgan fingerprint density at radius 1 is 1.17 bits per heavy atom. The highest BCUT2D eigenvalue weighted by molar-refractivity contribution is 5.79. The maximum absolute atomic E-state index is 12.3. The number of non-ortho nitro benzene ring substituents is 1. The number of furan rings is 1. The molecule has 9 heteroatoms. The lowest BCUT2D eigenvalue weighted by molar-refractivity contribution is -0.384. The second-order valence-corrected chi connectivity index (χ2v) is 7.01. The number of nitro benzene ring substituents is 1. The van der Waals surface area contributed by atoms with Crippen molar-refractivity contribution in [3.8, 4) is 0 Å². The molecule has 154 valence electrons. The summed E-state index contributed by atoms with van der Waals surface area (Å²) in [4.78, 5) is 34.7. The predicted molar refractivity (Wildman–Crippen MR) is 109 cm³/mol. The Morgan fingerprint density at radius 3 is 2.73 bits per heavy atom. The summed E-state index contributed by atoms with van der Waals surface area (Å²) in [5, 5.41) is 14.7. The van der Waals surface area contributed by atoms with Crippen LogP contribution in [0.25, 0.3) is 22.1 Å². The molecule has 0 radical (unpaired) electrons. The van der Waals surface area contributed by atoms with Crippen molar-refractivity contribution in [1.29, 1.82) is 0 Å². The molecule has 0 saturated heterocycles. The third kappa shape index (κ3) is 3.82. The van der Waals surface area contributed by atoms with Crippen molar-refractivity contribution in [2.75, 3.05) is 0 Å². The van der Waals surface area contributed by atoms with Crippen LogP contribution < -0.4 is 11.1 Å². The van der Waals surface area contributed by atoms with E-state index in [1.807, 2.05) is 37.3 Å². The first kappa shape index (κ1) is 19.4. The molecule has 4 rings (SSSR count). The number of aromatic nitrogens is 1. The summed E-state index contributed by atoms with van der Waals surface area (Å²) in [5.74, 6) is -0.107. The number of amides is 1. The lowest BCUT2D eigenvalue weighted by atomic mass is 10.2. The quantitative estimate of drug-likeness (QED) is 0.365. The molecule has 30 heavy (non-hydrogen) atoms. The Balaban J connectivity index is 1.37. The highest BCUT2D eigenvalue weighted by Crippen LogP contribution is 2.24. The van der Waals surface area contributed by atoms with E-state index in [-0.39, 0.29) is 36.2 Å². The number of hydrogen-bond donors (Lipinski definition) is 1. The third-order valence-electron chi connectivity index (χ3n) is 4.90. The van der Waals surface area contributed by atoms with E-state index < -0.39 is 10.7 Å². The Hall–Kier alpha value is -3.88. The lowest BCUT2D eigenvalue weighted by Crippen LogP contribution is -2.26. The number of nitrogens with one attached hydrogen (secondary N) is 1. The smallest absolute Gasteiger partial charge is 0.419 e. The molecule has 4 aromatic rings. The minimum Gasteiger partial charge on any atom is -0.459 e. The van der Waals surface area contributed by atoms with Crippen molar-refractivity contribution < 1.29 is 18.6 Å². The molecule has 0 bridgehead atoms. The molecule has 1 unspecified atom stereocenters. The van der Waals surface area contributed by atoms with Gasteiger partial charge >= 0.3 is 5.76 Å². The molecule has 1 atom stereocenters. The van der Waals surface area contributed by atoms with Gasteiger partial charge in [-0.3, -0.25) is 19.5 Å². The van der Waals surface area contributed by atoms with Gasteiger partial charge in [-0.15, -0.1) is 0 Å². The molecule has 0 aliphatic rings. The molecule has 2 aromatic carbocycles. The number of benzene rings is 2. The third-order valence-corrected chi connectivity index (χ3v) is 4.90. The Morgan fingerprint density at radius 2 is 1.97 bits per heavy atom. The van der Waals surface area contributed by atoms with E-state index in [2.05, 4.69) is 5.32 Å². The van der Waals surface area contributed by atoms with E-state index in [9.17, 15) is 19.7 Å². The van der Waals surface area contributed by atoms with Crippen molar-refractivity contribution in [2.45, 2.75) is 32.4 Å². The predicted octanol–water partition coefficient (Wildman–Crippen LogP) is 3.91. The second kappa shape index (κ2) is 7.86. The van der Waals surface area contributed by atoms with Crippen LogP contribution in [0.15, 0.2) is 62.2 Å². The Labute approximate surface area is 170 Å². The number of nitro groups is 1. The molecular formula is C21H19N3O6. The van der Waals surface area contributed by atoms with Gasteiger partial charge in [-0.25, -0.2) is 4.79 Å². The molecule has 0 aliphatic carbocycles. The van der Waals surface area contributed by atoms with Crippen LogP contribution in [-0.2, 0) is 11.3 Å². The van der Waals surface area contributed by atoms with Crippen molar-refractivity contribution in [1.82, 2.24) is 9.88 Å². The zero-order valence-electron chi connectivity index (χ0n) is 16.2. The minimum atomic E-state index is -0.610. The number of hydrogen-bond acceptors (Lipinski definition) is 6. The fourth-order valence-electron chi connectivity index (χ4n) is 3.38. The fourth-order valence-corrected chi connectivity index (χ4v) is 3.38. The van der Waals surface area contributed by atoms with Gasteiger partial charge in [0, 0.05) is 24.4 Å². The van der Waals surface area contributed by atoms with Crippen LogP contribution in [0.5, 0.6) is 0 Å². The van der Waals surface area contributed by atoms with Gasteiger partial charge in [0.25, 0.3) is 5.69 Å². The topological polar surface area (TPSA) is 121 Å². The van der Waals surface area contributed by atoms with Gasteiger partial charge in [0.1, 0.15) is 11.3 Å². The first-order chi connectivity index (χ1) is 14.4. The summed E-state index contributed by atoms with van der Waals surface area (Å²) in [6.07, 6.45) is 0.612. The standard InChI is InChI=1S/C21H19N3O6/c1-13(18-11-14-5-2-3-6-17(14)29-18)22-20(25)7-4-10-23-16-9-8-15(24(27)28)12-19(16)30-21(23)26/h2-3,5-6,8-9,11-13H,4,7,10H2,1H3,(H,22,25). The van der Waals surface area contributed by atoms with E-state index >= 15 is 0 Å². The molecule has 2 heterocycles. The maximum Gasteiger partial charge on any atom is 0.419 e. The van der Waals surface area contributed by atoms with Crippen molar-refractivity contribution in [2.24, 2.45) is 0 Å². The van der Waals surface area contributed by atoms with E-state index in [4.69, 9.17) is 8.83 Å². The van der Waals surface area contributed by atoms with Crippen LogP contribution in [0.1, 0.15) is 31.6 Å². The van der Waals surface area contributed by atoms with E-state index in [0.717, 1.165) is 11.0 Å². The number of fused-ring (bicyclic) bond motifs is 2. The van der Waals surface area contributed by atoms with E-state index in [1.54, 1.807) is 0 Å². The highest BCUT2D eigenvalue weighted by Gasteiger charge is 2.16. The molecule has 0 spiro atoms. The summed E-state index contributed by atoms with van der Waals surface area (Å²) in [6.45, 7) is 2.10. The number of carbonyl (C=O) groups excluding carboxylic acids is 1. The number of carbonyl (C=O) groups is 1. The summed E-state index contributed by atoms with van der Waals surface area (Å²) in [6, 6.07) is 13.2. The highest BCUT2D eigenvalue weighted by atomic mass is 16.6. The number of rotatable bonds is 7. The van der Waals surface area contributed by atoms with Crippen molar-refractivity contribution >= 4 is 33.7 Å². The van der Waals surface area contributed by atoms with E-state index in [1.165, 1.54) is 22.8 Å². The minimum absolute atomic E-state index is 0.150. The second-order valence-electron chi connectivity index (χ2n) is 7.01. The van der Waals surface area contributed by atoms with Crippen molar-refractivity contribution in [3.63, 3.8) is 0 Å². The Bertz CT molecular complexity index is 1270. The molecule has 1 N–H and O–H groups in total. The number of para-hydroxylation sites is 1. The normalized spacial score (nSPS) is 12.3.